The Morgan fingerprint density at radius 2 is 2.24 bits per heavy atom. The maximum Gasteiger partial charge on any atom is 0.333 e. The highest BCUT2D eigenvalue weighted by Gasteiger charge is 2.20. The van der Waals surface area contributed by atoms with E-state index in [1.54, 1.807) is 19.1 Å². The van der Waals surface area contributed by atoms with Gasteiger partial charge in [-0.1, -0.05) is 23.9 Å². The van der Waals surface area contributed by atoms with Crippen molar-refractivity contribution in [3.05, 3.63) is 40.9 Å². The largest absolute Gasteiger partial charge is 0.463 e. The molecular formula is C12H11NO3S. The maximum atomic E-state index is 11.7. The monoisotopic (exact) mass is 249 g/mol. The van der Waals surface area contributed by atoms with Gasteiger partial charge in [0.25, 0.3) is 5.91 Å². The smallest absolute Gasteiger partial charge is 0.333 e. The molecule has 0 spiro atoms. The molecule has 17 heavy (non-hydrogen) atoms. The number of hydrogen-bond donors (Lipinski definition) is 1. The summed E-state index contributed by atoms with van der Waals surface area (Å²) in [5.74, 6) is -0.649. The Bertz CT molecular complexity index is 496. The van der Waals surface area contributed by atoms with Gasteiger partial charge in [0.05, 0.1) is 23.3 Å². The van der Waals surface area contributed by atoms with Gasteiger partial charge in [-0.05, 0) is 19.1 Å². The molecule has 88 valence electrons. The summed E-state index contributed by atoms with van der Waals surface area (Å²) >= 11 is 1.34. The zero-order valence-corrected chi connectivity index (χ0v) is 10.0. The van der Waals surface area contributed by atoms with Crippen LogP contribution < -0.4 is 5.32 Å². The van der Waals surface area contributed by atoms with Crippen LogP contribution in [-0.4, -0.2) is 18.5 Å². The van der Waals surface area contributed by atoms with Crippen LogP contribution in [0.1, 0.15) is 17.3 Å². The summed E-state index contributed by atoms with van der Waals surface area (Å²) in [4.78, 5) is 23.8. The van der Waals surface area contributed by atoms with Crippen LogP contribution in [-0.2, 0) is 9.53 Å². The summed E-state index contributed by atoms with van der Waals surface area (Å²) in [5.41, 5.74) is 0.624. The molecule has 1 aliphatic heterocycles. The fourth-order valence-corrected chi connectivity index (χ4v) is 2.38. The Hall–Kier alpha value is -1.75. The molecule has 0 radical (unpaired) electrons. The lowest BCUT2D eigenvalue weighted by molar-refractivity contribution is -0.137. The molecule has 0 saturated carbocycles. The van der Waals surface area contributed by atoms with E-state index in [1.165, 1.54) is 17.8 Å². The summed E-state index contributed by atoms with van der Waals surface area (Å²) in [5, 5.41) is 3.14. The third-order valence-corrected chi connectivity index (χ3v) is 3.14. The van der Waals surface area contributed by atoms with Gasteiger partial charge >= 0.3 is 5.97 Å². The van der Waals surface area contributed by atoms with Crippen molar-refractivity contribution in [1.82, 2.24) is 5.32 Å². The summed E-state index contributed by atoms with van der Waals surface area (Å²) in [6, 6.07) is 7.25. The van der Waals surface area contributed by atoms with Crippen LogP contribution in [0.25, 0.3) is 0 Å². The summed E-state index contributed by atoms with van der Waals surface area (Å²) in [6.07, 6.45) is 1.29. The average molecular weight is 249 g/mol. The highest BCUT2D eigenvalue weighted by molar-refractivity contribution is 8.03. The van der Waals surface area contributed by atoms with Crippen molar-refractivity contribution < 1.29 is 14.3 Å². The molecule has 0 bridgehead atoms. The highest BCUT2D eigenvalue weighted by atomic mass is 32.2. The lowest BCUT2D eigenvalue weighted by atomic mass is 10.2. The predicted octanol–water partition coefficient (Wildman–Crippen LogP) is 1.93. The lowest BCUT2D eigenvalue weighted by Gasteiger charge is -2.17. The van der Waals surface area contributed by atoms with Crippen LogP contribution in [0.15, 0.2) is 40.3 Å². The van der Waals surface area contributed by atoms with Gasteiger partial charge in [0.1, 0.15) is 0 Å². The third kappa shape index (κ3) is 2.68. The molecule has 1 aliphatic rings. The van der Waals surface area contributed by atoms with E-state index in [0.717, 1.165) is 4.90 Å². The van der Waals surface area contributed by atoms with Gasteiger partial charge in [-0.15, -0.1) is 0 Å². The number of hydrogen-bond acceptors (Lipinski definition) is 4. The molecule has 0 saturated heterocycles. The Kier molecular flexibility index (Phi) is 3.49. The first-order valence-electron chi connectivity index (χ1n) is 5.17. The number of ether oxygens (including phenoxy) is 1. The first-order valence-corrected chi connectivity index (χ1v) is 5.99. The highest BCUT2D eigenvalue weighted by Crippen LogP contribution is 2.32. The van der Waals surface area contributed by atoms with Gasteiger partial charge in [-0.2, -0.15) is 0 Å². The molecule has 1 aromatic rings. The number of fused-ring (bicyclic) bond motifs is 1. The van der Waals surface area contributed by atoms with Gasteiger partial charge < -0.3 is 10.1 Å². The summed E-state index contributed by atoms with van der Waals surface area (Å²) in [6.45, 7) is 2.05. The normalized spacial score (nSPS) is 16.3. The summed E-state index contributed by atoms with van der Waals surface area (Å²) < 4.78 is 4.79. The van der Waals surface area contributed by atoms with E-state index in [0.29, 0.717) is 17.2 Å². The molecule has 2 rings (SSSR count). The Balaban J connectivity index is 2.22. The van der Waals surface area contributed by atoms with E-state index in [9.17, 15) is 9.59 Å². The second-order valence-electron chi connectivity index (χ2n) is 3.31. The number of amides is 1. The number of esters is 1. The molecule has 5 heteroatoms. The second-order valence-corrected chi connectivity index (χ2v) is 4.40. The minimum absolute atomic E-state index is 0.199. The molecule has 0 aromatic heterocycles. The van der Waals surface area contributed by atoms with E-state index in [-0.39, 0.29) is 5.91 Å². The van der Waals surface area contributed by atoms with Crippen molar-refractivity contribution in [3.63, 3.8) is 0 Å². The van der Waals surface area contributed by atoms with E-state index < -0.39 is 5.97 Å². The molecule has 0 aliphatic carbocycles. The van der Waals surface area contributed by atoms with Crippen molar-refractivity contribution in [1.29, 1.82) is 0 Å². The minimum atomic E-state index is -0.449. The van der Waals surface area contributed by atoms with Crippen LogP contribution in [0.2, 0.25) is 0 Å². The number of rotatable bonds is 2. The quantitative estimate of drug-likeness (QED) is 0.642. The van der Waals surface area contributed by atoms with Gasteiger partial charge in [0, 0.05) is 4.90 Å². The second kappa shape index (κ2) is 5.05. The van der Waals surface area contributed by atoms with Crippen molar-refractivity contribution in [2.75, 3.05) is 6.61 Å². The Labute approximate surface area is 103 Å². The zero-order valence-electron chi connectivity index (χ0n) is 9.23. The van der Waals surface area contributed by atoms with Crippen LogP contribution in [0.4, 0.5) is 0 Å². The van der Waals surface area contributed by atoms with Gasteiger partial charge in [-0.25, -0.2) is 4.79 Å². The molecule has 1 amide bonds. The van der Waals surface area contributed by atoms with E-state index in [2.05, 4.69) is 5.32 Å². The van der Waals surface area contributed by atoms with Crippen molar-refractivity contribution in [3.8, 4) is 0 Å². The standard InChI is InChI=1S/C12H11NO3S/c1-2-16-11(14)7-10-13-12(15)8-5-3-4-6-9(8)17-10/h3-7H,2H2,1H3,(H,13,15)/b10-7-. The topological polar surface area (TPSA) is 55.4 Å². The van der Waals surface area contributed by atoms with Crippen molar-refractivity contribution in [2.24, 2.45) is 0 Å². The SMILES string of the molecule is CCOC(=O)/C=C1/NC(=O)c2ccccc2S1. The average Bonchev–Trinajstić information content (AvgIpc) is 2.29. The maximum absolute atomic E-state index is 11.7. The number of carbonyl (C=O) groups excluding carboxylic acids is 2. The van der Waals surface area contributed by atoms with Gasteiger partial charge in [0.15, 0.2) is 0 Å². The third-order valence-electron chi connectivity index (χ3n) is 2.12. The van der Waals surface area contributed by atoms with Crippen LogP contribution in [0, 0.1) is 0 Å². The molecule has 1 N–H and O–H groups in total. The zero-order chi connectivity index (χ0) is 12.3. The summed E-state index contributed by atoms with van der Waals surface area (Å²) in [7, 11) is 0. The molecule has 1 aromatic carbocycles. The number of carbonyl (C=O) groups is 2. The van der Waals surface area contributed by atoms with Crippen LogP contribution >= 0.6 is 11.8 Å². The predicted molar refractivity (Wildman–Crippen MR) is 64.5 cm³/mol. The van der Waals surface area contributed by atoms with Gasteiger partial charge in [-0.3, -0.25) is 4.79 Å². The van der Waals surface area contributed by atoms with E-state index >= 15 is 0 Å². The minimum Gasteiger partial charge on any atom is -0.463 e. The Morgan fingerprint density at radius 1 is 1.47 bits per heavy atom. The van der Waals surface area contributed by atoms with Crippen LogP contribution in [0.5, 0.6) is 0 Å². The molecule has 0 atom stereocenters. The molecule has 0 fully saturated rings. The molecular weight excluding hydrogens is 238 g/mol. The fraction of sp³-hybridized carbons (Fsp3) is 0.167. The van der Waals surface area contributed by atoms with E-state index in [1.807, 2.05) is 12.1 Å². The van der Waals surface area contributed by atoms with E-state index in [4.69, 9.17) is 4.74 Å². The molecule has 0 unspecified atom stereocenters. The number of benzene rings is 1. The van der Waals surface area contributed by atoms with Gasteiger partial charge in [0.2, 0.25) is 0 Å². The number of nitrogens with one attached hydrogen (secondary N) is 1. The molecule has 1 heterocycles. The van der Waals surface area contributed by atoms with Crippen LogP contribution in [0.3, 0.4) is 0 Å². The fourth-order valence-electron chi connectivity index (χ4n) is 1.42. The van der Waals surface area contributed by atoms with Crippen molar-refractivity contribution >= 4 is 23.6 Å². The first kappa shape index (κ1) is 11.7. The Morgan fingerprint density at radius 3 is 3.00 bits per heavy atom. The molecule has 4 nitrogen and oxygen atoms in total. The lowest BCUT2D eigenvalue weighted by Crippen LogP contribution is -2.26. The van der Waals surface area contributed by atoms with Crippen molar-refractivity contribution in [2.45, 2.75) is 11.8 Å². The number of thioether (sulfide) groups is 1. The first-order chi connectivity index (χ1) is 8.20.